The van der Waals surface area contributed by atoms with E-state index in [9.17, 15) is 8.42 Å². The standard InChI is InChI=1S/C15H16ClNO5S/c1-20-13-6-4-10(8-12(13)16)17-23(18,19)11-5-7-14(21-2)15(9-11)22-3/h4-9,17H,1-3H3. The second kappa shape index (κ2) is 6.97. The van der Waals surface area contributed by atoms with Crippen LogP contribution in [0, 0.1) is 0 Å². The van der Waals surface area contributed by atoms with Crippen molar-refractivity contribution in [3.8, 4) is 17.2 Å². The molecule has 0 aliphatic carbocycles. The molecule has 1 N–H and O–H groups in total. The zero-order valence-electron chi connectivity index (χ0n) is 12.8. The van der Waals surface area contributed by atoms with E-state index >= 15 is 0 Å². The van der Waals surface area contributed by atoms with Gasteiger partial charge in [-0.2, -0.15) is 0 Å². The summed E-state index contributed by atoms with van der Waals surface area (Å²) >= 11 is 6.00. The molecule has 0 atom stereocenters. The van der Waals surface area contributed by atoms with Gasteiger partial charge in [0.25, 0.3) is 10.0 Å². The Morgan fingerprint density at radius 3 is 2.04 bits per heavy atom. The fourth-order valence-corrected chi connectivity index (χ4v) is 3.25. The van der Waals surface area contributed by atoms with Crippen molar-refractivity contribution in [2.24, 2.45) is 0 Å². The Morgan fingerprint density at radius 2 is 1.48 bits per heavy atom. The Labute approximate surface area is 140 Å². The van der Waals surface area contributed by atoms with Crippen LogP contribution in [-0.4, -0.2) is 29.7 Å². The van der Waals surface area contributed by atoms with E-state index in [-0.39, 0.29) is 4.90 Å². The van der Waals surface area contributed by atoms with E-state index in [4.69, 9.17) is 25.8 Å². The minimum absolute atomic E-state index is 0.0436. The van der Waals surface area contributed by atoms with Gasteiger partial charge in [0.05, 0.1) is 36.9 Å². The van der Waals surface area contributed by atoms with Crippen LogP contribution in [0.2, 0.25) is 5.02 Å². The number of benzene rings is 2. The van der Waals surface area contributed by atoms with Gasteiger partial charge in [0.2, 0.25) is 0 Å². The summed E-state index contributed by atoms with van der Waals surface area (Å²) in [6.07, 6.45) is 0. The molecule has 2 aromatic rings. The zero-order chi connectivity index (χ0) is 17.0. The van der Waals surface area contributed by atoms with Crippen molar-refractivity contribution in [1.82, 2.24) is 0 Å². The SMILES string of the molecule is COc1ccc(NS(=O)(=O)c2ccc(OC)c(OC)c2)cc1Cl. The highest BCUT2D eigenvalue weighted by molar-refractivity contribution is 7.92. The number of ether oxygens (including phenoxy) is 3. The first-order valence-corrected chi connectivity index (χ1v) is 8.35. The molecule has 0 fully saturated rings. The fourth-order valence-electron chi connectivity index (χ4n) is 1.93. The molecular weight excluding hydrogens is 342 g/mol. The van der Waals surface area contributed by atoms with Gasteiger partial charge >= 0.3 is 0 Å². The highest BCUT2D eigenvalue weighted by Crippen LogP contribution is 2.31. The van der Waals surface area contributed by atoms with Crippen molar-refractivity contribution >= 4 is 27.3 Å². The summed E-state index contributed by atoms with van der Waals surface area (Å²) < 4.78 is 42.6. The minimum atomic E-state index is -3.79. The van der Waals surface area contributed by atoms with Crippen molar-refractivity contribution < 1.29 is 22.6 Å². The molecule has 0 spiro atoms. The Morgan fingerprint density at radius 1 is 0.870 bits per heavy atom. The first-order valence-electron chi connectivity index (χ1n) is 6.49. The van der Waals surface area contributed by atoms with Crippen LogP contribution in [0.25, 0.3) is 0 Å². The highest BCUT2D eigenvalue weighted by Gasteiger charge is 2.17. The summed E-state index contributed by atoms with van der Waals surface area (Å²) in [6, 6.07) is 8.94. The van der Waals surface area contributed by atoms with Crippen LogP contribution < -0.4 is 18.9 Å². The smallest absolute Gasteiger partial charge is 0.262 e. The van der Waals surface area contributed by atoms with Gasteiger partial charge in [0.1, 0.15) is 5.75 Å². The maximum absolute atomic E-state index is 12.5. The molecule has 0 saturated heterocycles. The molecule has 0 radical (unpaired) electrons. The van der Waals surface area contributed by atoms with Crippen LogP contribution in [0.1, 0.15) is 0 Å². The van der Waals surface area contributed by atoms with E-state index in [1.165, 1.54) is 45.6 Å². The zero-order valence-corrected chi connectivity index (χ0v) is 14.4. The van der Waals surface area contributed by atoms with Crippen molar-refractivity contribution in [2.75, 3.05) is 26.1 Å². The first kappa shape index (κ1) is 17.2. The quantitative estimate of drug-likeness (QED) is 0.859. The normalized spacial score (nSPS) is 11.0. The number of sulfonamides is 1. The lowest BCUT2D eigenvalue weighted by Crippen LogP contribution is -2.13. The summed E-state index contributed by atoms with van der Waals surface area (Å²) in [5.74, 6) is 1.22. The Kier molecular flexibility index (Phi) is 5.23. The van der Waals surface area contributed by atoms with Crippen molar-refractivity contribution in [1.29, 1.82) is 0 Å². The predicted octanol–water partition coefficient (Wildman–Crippen LogP) is 3.17. The number of methoxy groups -OCH3 is 3. The predicted molar refractivity (Wildman–Crippen MR) is 88.4 cm³/mol. The second-order valence-electron chi connectivity index (χ2n) is 4.47. The third-order valence-corrected chi connectivity index (χ3v) is 4.74. The van der Waals surface area contributed by atoms with Crippen LogP contribution in [0.15, 0.2) is 41.3 Å². The molecule has 0 bridgehead atoms. The maximum Gasteiger partial charge on any atom is 0.262 e. The summed E-state index contributed by atoms with van der Waals surface area (Å²) in [6.45, 7) is 0. The molecule has 8 heteroatoms. The first-order chi connectivity index (χ1) is 10.9. The van der Waals surface area contributed by atoms with Crippen LogP contribution >= 0.6 is 11.6 Å². The molecule has 124 valence electrons. The summed E-state index contributed by atoms with van der Waals surface area (Å²) in [5.41, 5.74) is 0.325. The lowest BCUT2D eigenvalue weighted by atomic mass is 10.3. The third kappa shape index (κ3) is 3.80. The molecule has 6 nitrogen and oxygen atoms in total. The molecule has 0 unspecified atom stereocenters. The van der Waals surface area contributed by atoms with Gasteiger partial charge in [-0.05, 0) is 30.3 Å². The lowest BCUT2D eigenvalue weighted by molar-refractivity contribution is 0.354. The number of rotatable bonds is 6. The van der Waals surface area contributed by atoms with Crippen LogP contribution in [0.4, 0.5) is 5.69 Å². The van der Waals surface area contributed by atoms with E-state index in [0.29, 0.717) is 28.0 Å². The van der Waals surface area contributed by atoms with Gasteiger partial charge in [0, 0.05) is 6.07 Å². The van der Waals surface area contributed by atoms with Gasteiger partial charge in [-0.1, -0.05) is 11.6 Å². The summed E-state index contributed by atoms with van der Waals surface area (Å²) in [5, 5.41) is 0.306. The lowest BCUT2D eigenvalue weighted by Gasteiger charge is -2.12. The Bertz CT molecular complexity index is 808. The third-order valence-electron chi connectivity index (χ3n) is 3.07. The molecule has 0 amide bonds. The van der Waals surface area contributed by atoms with Gasteiger partial charge in [-0.15, -0.1) is 0 Å². The van der Waals surface area contributed by atoms with Crippen molar-refractivity contribution in [2.45, 2.75) is 4.90 Å². The summed E-state index contributed by atoms with van der Waals surface area (Å²) in [7, 11) is 0.600. The van der Waals surface area contributed by atoms with E-state index in [2.05, 4.69) is 4.72 Å². The Hall–Kier alpha value is -2.12. The second-order valence-corrected chi connectivity index (χ2v) is 6.56. The number of hydrogen-bond donors (Lipinski definition) is 1. The van der Waals surface area contributed by atoms with Gasteiger partial charge in [0.15, 0.2) is 11.5 Å². The van der Waals surface area contributed by atoms with Crippen molar-refractivity contribution in [3.05, 3.63) is 41.4 Å². The molecular formula is C15H16ClNO5S. The van der Waals surface area contributed by atoms with E-state index in [0.717, 1.165) is 0 Å². The monoisotopic (exact) mass is 357 g/mol. The Balaban J connectivity index is 2.33. The van der Waals surface area contributed by atoms with Gasteiger partial charge in [-0.3, -0.25) is 4.72 Å². The highest BCUT2D eigenvalue weighted by atomic mass is 35.5. The molecule has 2 rings (SSSR count). The van der Waals surface area contributed by atoms with Gasteiger partial charge < -0.3 is 14.2 Å². The number of halogens is 1. The molecule has 0 heterocycles. The minimum Gasteiger partial charge on any atom is -0.495 e. The molecule has 0 aliphatic rings. The number of nitrogens with one attached hydrogen (secondary N) is 1. The summed E-state index contributed by atoms with van der Waals surface area (Å²) in [4.78, 5) is 0.0436. The topological polar surface area (TPSA) is 73.9 Å². The van der Waals surface area contributed by atoms with E-state index in [1.807, 2.05) is 0 Å². The molecule has 0 saturated carbocycles. The van der Waals surface area contributed by atoms with E-state index < -0.39 is 10.0 Å². The molecule has 0 aromatic heterocycles. The maximum atomic E-state index is 12.5. The van der Waals surface area contributed by atoms with E-state index in [1.54, 1.807) is 12.1 Å². The van der Waals surface area contributed by atoms with Crippen LogP contribution in [0.3, 0.4) is 0 Å². The molecule has 23 heavy (non-hydrogen) atoms. The largest absolute Gasteiger partial charge is 0.495 e. The molecule has 2 aromatic carbocycles. The number of anilines is 1. The molecule has 0 aliphatic heterocycles. The fraction of sp³-hybridized carbons (Fsp3) is 0.200. The van der Waals surface area contributed by atoms with Crippen LogP contribution in [-0.2, 0) is 10.0 Å². The average molecular weight is 358 g/mol. The van der Waals surface area contributed by atoms with Crippen LogP contribution in [0.5, 0.6) is 17.2 Å². The van der Waals surface area contributed by atoms with Crippen molar-refractivity contribution in [3.63, 3.8) is 0 Å². The van der Waals surface area contributed by atoms with Gasteiger partial charge in [-0.25, -0.2) is 8.42 Å². The number of hydrogen-bond acceptors (Lipinski definition) is 5. The average Bonchev–Trinajstić information content (AvgIpc) is 2.54.